The molecule has 2 N–H and O–H groups in total. The van der Waals surface area contributed by atoms with Gasteiger partial charge in [-0.1, -0.05) is 0 Å². The SMILES string of the molecule is COc1ccc(NC(C)CCC(=O)O)cc1Br. The number of ether oxygens (including phenoxy) is 1. The number of carboxylic acids is 1. The fraction of sp³-hybridized carbons (Fsp3) is 0.417. The van der Waals surface area contributed by atoms with Gasteiger partial charge in [-0.15, -0.1) is 0 Å². The van der Waals surface area contributed by atoms with Gasteiger partial charge >= 0.3 is 5.97 Å². The summed E-state index contributed by atoms with van der Waals surface area (Å²) in [5.74, 6) is 0.00306. The number of rotatable bonds is 6. The summed E-state index contributed by atoms with van der Waals surface area (Å²) in [6, 6.07) is 5.79. The van der Waals surface area contributed by atoms with Gasteiger partial charge in [0.05, 0.1) is 11.6 Å². The van der Waals surface area contributed by atoms with Crippen LogP contribution in [0.5, 0.6) is 5.75 Å². The summed E-state index contributed by atoms with van der Waals surface area (Å²) in [4.78, 5) is 10.4. The molecule has 1 aromatic carbocycles. The second-order valence-corrected chi connectivity index (χ2v) is 4.68. The van der Waals surface area contributed by atoms with Gasteiger partial charge < -0.3 is 15.2 Å². The van der Waals surface area contributed by atoms with Crippen LogP contribution in [-0.4, -0.2) is 24.2 Å². The van der Waals surface area contributed by atoms with Crippen molar-refractivity contribution in [2.75, 3.05) is 12.4 Å². The Morgan fingerprint density at radius 3 is 2.82 bits per heavy atom. The molecule has 0 saturated carbocycles. The van der Waals surface area contributed by atoms with Crippen LogP contribution in [0.15, 0.2) is 22.7 Å². The zero-order valence-electron chi connectivity index (χ0n) is 9.87. The molecule has 0 amide bonds. The number of nitrogens with one attached hydrogen (secondary N) is 1. The van der Waals surface area contributed by atoms with Crippen LogP contribution in [0.4, 0.5) is 5.69 Å². The molecule has 0 saturated heterocycles. The highest BCUT2D eigenvalue weighted by Gasteiger charge is 2.07. The summed E-state index contributed by atoms with van der Waals surface area (Å²) in [6.45, 7) is 1.96. The highest BCUT2D eigenvalue weighted by Crippen LogP contribution is 2.28. The Bertz CT molecular complexity index is 395. The van der Waals surface area contributed by atoms with Crippen LogP contribution in [0.25, 0.3) is 0 Å². The maximum absolute atomic E-state index is 10.4. The van der Waals surface area contributed by atoms with Crippen LogP contribution >= 0.6 is 15.9 Å². The Morgan fingerprint density at radius 2 is 2.29 bits per heavy atom. The van der Waals surface area contributed by atoms with Crippen molar-refractivity contribution in [3.63, 3.8) is 0 Å². The molecule has 0 aliphatic rings. The number of benzene rings is 1. The van der Waals surface area contributed by atoms with Crippen molar-refractivity contribution < 1.29 is 14.6 Å². The van der Waals surface area contributed by atoms with E-state index in [4.69, 9.17) is 9.84 Å². The highest BCUT2D eigenvalue weighted by atomic mass is 79.9. The van der Waals surface area contributed by atoms with Gasteiger partial charge in [0, 0.05) is 18.2 Å². The largest absolute Gasteiger partial charge is 0.496 e. The van der Waals surface area contributed by atoms with Crippen molar-refractivity contribution in [1.29, 1.82) is 0 Å². The maximum Gasteiger partial charge on any atom is 0.303 e. The first-order chi connectivity index (χ1) is 8.02. The standard InChI is InChI=1S/C12H16BrNO3/c1-8(3-6-12(15)16)14-9-4-5-11(17-2)10(13)7-9/h4-5,7-8,14H,3,6H2,1-2H3,(H,15,16). The first-order valence-corrected chi connectivity index (χ1v) is 6.14. The number of methoxy groups -OCH3 is 1. The van der Waals surface area contributed by atoms with Gasteiger partial charge in [0.2, 0.25) is 0 Å². The smallest absolute Gasteiger partial charge is 0.303 e. The number of halogens is 1. The molecule has 1 aromatic rings. The van der Waals surface area contributed by atoms with Gasteiger partial charge in [-0.3, -0.25) is 4.79 Å². The van der Waals surface area contributed by atoms with Gasteiger partial charge in [0.15, 0.2) is 0 Å². The van der Waals surface area contributed by atoms with Crippen molar-refractivity contribution in [3.05, 3.63) is 22.7 Å². The molecule has 1 atom stereocenters. The number of anilines is 1. The second-order valence-electron chi connectivity index (χ2n) is 3.83. The summed E-state index contributed by atoms with van der Waals surface area (Å²) in [5.41, 5.74) is 0.940. The van der Waals surface area contributed by atoms with Crippen LogP contribution in [0.3, 0.4) is 0 Å². The molecule has 0 heterocycles. The van der Waals surface area contributed by atoms with E-state index < -0.39 is 5.97 Å². The molecule has 17 heavy (non-hydrogen) atoms. The molecule has 0 radical (unpaired) electrons. The Morgan fingerprint density at radius 1 is 1.59 bits per heavy atom. The Hall–Kier alpha value is -1.23. The maximum atomic E-state index is 10.4. The molecule has 0 spiro atoms. The first-order valence-electron chi connectivity index (χ1n) is 5.34. The molecule has 0 aliphatic heterocycles. The number of carboxylic acid groups (broad SMARTS) is 1. The predicted molar refractivity (Wildman–Crippen MR) is 70.6 cm³/mol. The summed E-state index contributed by atoms with van der Waals surface area (Å²) < 4.78 is 6.00. The molecule has 1 rings (SSSR count). The van der Waals surface area contributed by atoms with Crippen molar-refractivity contribution in [2.24, 2.45) is 0 Å². The molecule has 94 valence electrons. The molecular formula is C12H16BrNO3. The summed E-state index contributed by atoms with van der Waals surface area (Å²) in [5, 5.41) is 11.8. The molecule has 5 heteroatoms. The number of hydrogen-bond donors (Lipinski definition) is 2. The summed E-state index contributed by atoms with van der Waals surface area (Å²) >= 11 is 3.40. The molecule has 0 fully saturated rings. The average molecular weight is 302 g/mol. The van der Waals surface area contributed by atoms with E-state index in [1.54, 1.807) is 7.11 Å². The van der Waals surface area contributed by atoms with Gasteiger partial charge in [0.1, 0.15) is 5.75 Å². The third-order valence-electron chi connectivity index (χ3n) is 2.36. The average Bonchev–Trinajstić information content (AvgIpc) is 2.26. The molecule has 0 aliphatic carbocycles. The first kappa shape index (κ1) is 13.8. The lowest BCUT2D eigenvalue weighted by Gasteiger charge is -2.15. The fourth-order valence-electron chi connectivity index (χ4n) is 1.45. The highest BCUT2D eigenvalue weighted by molar-refractivity contribution is 9.10. The lowest BCUT2D eigenvalue weighted by atomic mass is 10.1. The Labute approximate surface area is 109 Å². The Kier molecular flexibility index (Phi) is 5.28. The number of carbonyl (C=O) groups is 1. The van der Waals surface area contributed by atoms with Gasteiger partial charge in [-0.2, -0.15) is 0 Å². The van der Waals surface area contributed by atoms with Gasteiger partial charge in [-0.05, 0) is 47.5 Å². The van der Waals surface area contributed by atoms with E-state index >= 15 is 0 Å². The monoisotopic (exact) mass is 301 g/mol. The molecular weight excluding hydrogens is 286 g/mol. The van der Waals surface area contributed by atoms with Crippen LogP contribution in [0, 0.1) is 0 Å². The van der Waals surface area contributed by atoms with Crippen LogP contribution in [0.1, 0.15) is 19.8 Å². The van der Waals surface area contributed by atoms with Crippen molar-refractivity contribution in [3.8, 4) is 5.75 Å². The molecule has 1 unspecified atom stereocenters. The topological polar surface area (TPSA) is 58.6 Å². The van der Waals surface area contributed by atoms with Crippen molar-refractivity contribution >= 4 is 27.6 Å². The van der Waals surface area contributed by atoms with Crippen molar-refractivity contribution in [2.45, 2.75) is 25.8 Å². The number of hydrogen-bond acceptors (Lipinski definition) is 3. The fourth-order valence-corrected chi connectivity index (χ4v) is 1.99. The van der Waals surface area contributed by atoms with E-state index in [-0.39, 0.29) is 12.5 Å². The van der Waals surface area contributed by atoms with Crippen LogP contribution in [0.2, 0.25) is 0 Å². The zero-order chi connectivity index (χ0) is 12.8. The third kappa shape index (κ3) is 4.65. The lowest BCUT2D eigenvalue weighted by Crippen LogP contribution is -2.16. The second kappa shape index (κ2) is 6.49. The third-order valence-corrected chi connectivity index (χ3v) is 2.98. The van der Waals surface area contributed by atoms with Crippen molar-refractivity contribution in [1.82, 2.24) is 0 Å². The summed E-state index contributed by atoms with van der Waals surface area (Å²) in [6.07, 6.45) is 0.768. The minimum Gasteiger partial charge on any atom is -0.496 e. The number of aliphatic carboxylic acids is 1. The summed E-state index contributed by atoms with van der Waals surface area (Å²) in [7, 11) is 1.61. The van der Waals surface area contributed by atoms with Crippen LogP contribution in [-0.2, 0) is 4.79 Å². The minimum absolute atomic E-state index is 0.117. The van der Waals surface area contributed by atoms with E-state index in [1.807, 2.05) is 25.1 Å². The van der Waals surface area contributed by atoms with Gasteiger partial charge in [0.25, 0.3) is 0 Å². The van der Waals surface area contributed by atoms with E-state index in [2.05, 4.69) is 21.2 Å². The molecule has 4 nitrogen and oxygen atoms in total. The zero-order valence-corrected chi connectivity index (χ0v) is 11.5. The van der Waals surface area contributed by atoms with E-state index in [1.165, 1.54) is 0 Å². The molecule has 0 bridgehead atoms. The van der Waals surface area contributed by atoms with E-state index in [9.17, 15) is 4.79 Å². The minimum atomic E-state index is -0.769. The quantitative estimate of drug-likeness (QED) is 0.847. The van der Waals surface area contributed by atoms with E-state index in [0.29, 0.717) is 6.42 Å². The lowest BCUT2D eigenvalue weighted by molar-refractivity contribution is -0.137. The predicted octanol–water partition coefficient (Wildman–Crippen LogP) is 3.12. The van der Waals surface area contributed by atoms with Crippen LogP contribution < -0.4 is 10.1 Å². The molecule has 0 aromatic heterocycles. The normalized spacial score (nSPS) is 11.9. The Balaban J connectivity index is 2.56. The van der Waals surface area contributed by atoms with E-state index in [0.717, 1.165) is 15.9 Å². The van der Waals surface area contributed by atoms with Gasteiger partial charge in [-0.25, -0.2) is 0 Å².